The minimum atomic E-state index is -5.62. The van der Waals surface area contributed by atoms with Gasteiger partial charge in [0.1, 0.15) is 0 Å². The van der Waals surface area contributed by atoms with Crippen molar-refractivity contribution in [1.82, 2.24) is 0 Å². The maximum absolute atomic E-state index is 15.0. The molecule has 44 heteroatoms. The van der Waals surface area contributed by atoms with Crippen molar-refractivity contribution in [2.45, 2.75) is 194 Å². The number of rotatable bonds is 40. The summed E-state index contributed by atoms with van der Waals surface area (Å²) in [6, 6.07) is 43.6. The van der Waals surface area contributed by atoms with Crippen molar-refractivity contribution in [3.63, 3.8) is 0 Å². The van der Waals surface area contributed by atoms with Gasteiger partial charge in [0, 0.05) is 48.4 Å². The molecule has 0 aromatic heterocycles. The SMILES string of the molecule is Cc1ccc(S(=O)(=O)CCC[Si]23O[Si]4(CCCS(=O)(=O)c5ccc(C)cc5)O[Si]5(CCCS(=O)(=O)c6ccc(C)cc6)O[Si](CCCS(=O)(=O)c6ccc(C)cc6)(O2)O[Si]2(CCCS(=O)(=O)c6ccc(C)cc6)O[Si](CCCS(=O)(=O)c6ccc(C)cc6)(O3)O[Si](CCCS(=O)(=O)c3ccc(C)cc3)(O4)O[Si](CCCS(=O)(=O)c3ccc(C)cc3)(O5)O2)cc1. The van der Waals surface area contributed by atoms with E-state index in [1.807, 2.05) is 0 Å². The predicted molar refractivity (Wildman–Crippen MR) is 480 cm³/mol. The minimum absolute atomic E-state index is 0.0892. The minimum Gasteiger partial charge on any atom is -0.373 e. The molecule has 6 aliphatic rings. The van der Waals surface area contributed by atoms with Gasteiger partial charge in [-0.3, -0.25) is 0 Å². The van der Waals surface area contributed by atoms with E-state index in [-0.39, 0.29) is 39.2 Å². The Morgan fingerprint density at radius 1 is 0.153 bits per heavy atom. The van der Waals surface area contributed by atoms with Crippen LogP contribution in [-0.2, 0) is 128 Å². The van der Waals surface area contributed by atoms with Gasteiger partial charge in [0.2, 0.25) is 0 Å². The van der Waals surface area contributed by atoms with E-state index < -0.39 is 295 Å². The summed E-state index contributed by atoms with van der Waals surface area (Å²) in [5.41, 5.74) is 5.92. The third-order valence-corrected chi connectivity index (χ3v) is 74.1. The molecule has 8 aromatic carbocycles. The zero-order chi connectivity index (χ0) is 89.3. The van der Waals surface area contributed by atoms with Crippen molar-refractivity contribution in [2.24, 2.45) is 0 Å². The highest BCUT2D eigenvalue weighted by atomic mass is 32.2. The van der Waals surface area contributed by atoms with E-state index in [1.54, 1.807) is 152 Å². The van der Waals surface area contributed by atoms with E-state index >= 15 is 0 Å². The van der Waals surface area contributed by atoms with Crippen LogP contribution in [0.3, 0.4) is 0 Å². The molecule has 0 N–H and O–H groups in total. The van der Waals surface area contributed by atoms with Crippen LogP contribution in [0.5, 0.6) is 0 Å². The first-order valence-corrected chi connectivity index (χ1v) is 69.6. The predicted octanol–water partition coefficient (Wildman–Crippen LogP) is 13.1. The van der Waals surface area contributed by atoms with Gasteiger partial charge in [-0.25, -0.2) is 67.3 Å². The van der Waals surface area contributed by atoms with Crippen molar-refractivity contribution < 1.29 is 117 Å². The van der Waals surface area contributed by atoms with E-state index in [0.29, 0.717) is 0 Å². The van der Waals surface area contributed by atoms with Gasteiger partial charge in [-0.2, -0.15) is 0 Å². The van der Waals surface area contributed by atoms with Gasteiger partial charge >= 0.3 is 70.4 Å². The van der Waals surface area contributed by atoms with Crippen LogP contribution in [0.15, 0.2) is 233 Å². The molecule has 0 unspecified atom stereocenters. The highest BCUT2D eigenvalue weighted by Crippen LogP contribution is 2.56. The number of hydrogen-bond donors (Lipinski definition) is 0. The summed E-state index contributed by atoms with van der Waals surface area (Å²) >= 11 is 0. The summed E-state index contributed by atoms with van der Waals surface area (Å²) in [5.74, 6) is -5.54. The average Bonchev–Trinajstić information content (AvgIpc) is 0.684. The fraction of sp³-hybridized carbons (Fsp3) is 0.400. The third kappa shape index (κ3) is 23.3. The quantitative estimate of drug-likeness (QED) is 0.0322. The van der Waals surface area contributed by atoms with Crippen LogP contribution in [0.25, 0.3) is 0 Å². The molecule has 672 valence electrons. The largest absolute Gasteiger partial charge is 0.478 e. The molecule has 14 rings (SSSR count). The van der Waals surface area contributed by atoms with Gasteiger partial charge in [-0.1, -0.05) is 142 Å². The van der Waals surface area contributed by atoms with Gasteiger partial charge in [-0.15, -0.1) is 0 Å². The Kier molecular flexibility index (Phi) is 29.1. The molecule has 6 saturated heterocycles. The smallest absolute Gasteiger partial charge is 0.373 e. The van der Waals surface area contributed by atoms with Crippen LogP contribution in [0.1, 0.15) is 95.9 Å². The van der Waals surface area contributed by atoms with Gasteiger partial charge in [0.05, 0.1) is 85.2 Å². The van der Waals surface area contributed by atoms with Crippen LogP contribution in [0.4, 0.5) is 0 Å². The van der Waals surface area contributed by atoms with Crippen molar-refractivity contribution in [1.29, 1.82) is 0 Å². The highest BCUT2D eigenvalue weighted by molar-refractivity contribution is 7.93. The lowest BCUT2D eigenvalue weighted by atomic mass is 10.2. The van der Waals surface area contributed by atoms with Crippen molar-refractivity contribution >= 4 is 149 Å². The van der Waals surface area contributed by atoms with Gasteiger partial charge < -0.3 is 49.4 Å². The molecule has 0 saturated carbocycles. The molecule has 6 aliphatic heterocycles. The molecule has 6 fully saturated rings. The Balaban J connectivity index is 1.09. The fourth-order valence-electron chi connectivity index (χ4n) is 15.3. The molecule has 0 atom stereocenters. The van der Waals surface area contributed by atoms with Crippen molar-refractivity contribution in [3.05, 3.63) is 239 Å². The summed E-state index contributed by atoms with van der Waals surface area (Å²) in [4.78, 5) is -0.714. The van der Waals surface area contributed by atoms with Crippen LogP contribution in [-0.4, -0.2) is 184 Å². The summed E-state index contributed by atoms with van der Waals surface area (Å²) < 4.78 is 335. The lowest BCUT2D eigenvalue weighted by molar-refractivity contribution is -0.0305. The summed E-state index contributed by atoms with van der Waals surface area (Å²) in [6.07, 6.45) is -3.69. The standard InChI is InChI=1S/C80H104O28S8Si8/c1-65-17-33-73(34-18-65)109(81,82)49-9-57-117-97-118(58-10-50-110(83,84)74-35-19-66(2)20-36-74)100-121(61-13-53-113(89,90)77-41-25-69(5)26-42-77)102-119(98-117,59-11-51-111(85,86)75-37-21-67(3)22-38-75)104-123(63-15-55-115(93,94)79-45-29-71(7)30-46-79)105-120(99-117,60-12-52-112(87,88)76-39-23-68(4)24-40-76)103-122(101-118,62-14-54-114(91,92)78-43-27-70(6)28-44-78)107-124(106-121,108-123)64-16-56-116(95,96)80-47-31-72(8)32-48-80/h17-48H,9-16,49-64H2,1-8H3. The number of hydrogen-bond acceptors (Lipinski definition) is 28. The Bertz CT molecular complexity index is 4950. The monoisotopic (exact) mass is 1990 g/mol. The molecule has 124 heavy (non-hydrogen) atoms. The van der Waals surface area contributed by atoms with Gasteiger partial charge in [-0.05, 0) is 204 Å². The maximum Gasteiger partial charge on any atom is 0.478 e. The average molecular weight is 1990 g/mol. The van der Waals surface area contributed by atoms with Crippen molar-refractivity contribution in [3.8, 4) is 0 Å². The number of benzene rings is 8. The summed E-state index contributed by atoms with van der Waals surface area (Å²) in [5, 5.41) is 0. The van der Waals surface area contributed by atoms with Gasteiger partial charge in [0.15, 0.2) is 78.7 Å². The van der Waals surface area contributed by atoms with Crippen LogP contribution in [0, 0.1) is 55.4 Å². The topological polar surface area (TPSA) is 384 Å². The first-order valence-electron chi connectivity index (χ1n) is 40.9. The highest BCUT2D eigenvalue weighted by Gasteiger charge is 2.83. The molecule has 8 aromatic rings. The molecule has 0 spiro atoms. The van der Waals surface area contributed by atoms with E-state index in [2.05, 4.69) is 0 Å². The van der Waals surface area contributed by atoms with Crippen LogP contribution < -0.4 is 0 Å². The Hall–Kier alpha value is -5.38. The zero-order valence-corrected chi connectivity index (χ0v) is 84.7. The molecular formula is C80H104O28S8Si8. The second-order valence-electron chi connectivity index (χ2n) is 32.6. The third-order valence-electron chi connectivity index (χ3n) is 21.9. The molecule has 0 aliphatic carbocycles. The van der Waals surface area contributed by atoms with Crippen LogP contribution in [0.2, 0.25) is 48.4 Å². The number of sulfone groups is 8. The molecule has 6 heterocycles. The molecule has 28 nitrogen and oxygen atoms in total. The molecule has 0 radical (unpaired) electrons. The van der Waals surface area contributed by atoms with E-state index in [0.717, 1.165) is 44.5 Å². The first kappa shape index (κ1) is 96.2. The Labute approximate surface area is 738 Å². The Morgan fingerprint density at radius 3 is 0.315 bits per heavy atom. The molecule has 8 bridgehead atoms. The van der Waals surface area contributed by atoms with E-state index in [1.165, 1.54) is 97.1 Å². The first-order chi connectivity index (χ1) is 58.1. The summed E-state index contributed by atoms with van der Waals surface area (Å²) in [7, 11) is -79.6. The Morgan fingerprint density at radius 2 is 0.234 bits per heavy atom. The zero-order valence-electron chi connectivity index (χ0n) is 70.1. The molecular weight excluding hydrogens is 1890 g/mol. The lowest BCUT2D eigenvalue weighted by Crippen LogP contribution is -2.88. The maximum atomic E-state index is 15.0. The van der Waals surface area contributed by atoms with Gasteiger partial charge in [0.25, 0.3) is 0 Å². The molecule has 0 amide bonds. The van der Waals surface area contributed by atoms with Crippen molar-refractivity contribution in [2.75, 3.05) is 46.0 Å². The van der Waals surface area contributed by atoms with E-state index in [4.69, 9.17) is 49.4 Å². The second-order valence-corrected chi connectivity index (χ2v) is 74.2. The normalized spacial score (nSPS) is 25.0. The fourth-order valence-corrected chi connectivity index (χ4v) is 78.3. The lowest BCUT2D eigenvalue weighted by Gasteiger charge is -2.63. The summed E-state index contributed by atoms with van der Waals surface area (Å²) in [6.45, 7) is 14.2. The van der Waals surface area contributed by atoms with E-state index in [9.17, 15) is 67.3 Å². The second kappa shape index (κ2) is 37.5. The van der Waals surface area contributed by atoms with Crippen LogP contribution >= 0.6 is 0 Å². The number of aryl methyl sites for hydroxylation is 8.